The minimum atomic E-state index is 0.293. The third kappa shape index (κ3) is 3.68. The number of rotatable bonds is 5. The largest absolute Gasteiger partial charge is 0.465 e. The van der Waals surface area contributed by atoms with Crippen molar-refractivity contribution in [2.24, 2.45) is 0 Å². The van der Waals surface area contributed by atoms with E-state index in [1.54, 1.807) is 0 Å². The second kappa shape index (κ2) is 6.95. The summed E-state index contributed by atoms with van der Waals surface area (Å²) in [6.45, 7) is 6.48. The first-order valence-electron chi connectivity index (χ1n) is 8.40. The van der Waals surface area contributed by atoms with Gasteiger partial charge in [-0.15, -0.1) is 0 Å². The summed E-state index contributed by atoms with van der Waals surface area (Å²) in [7, 11) is 0. The van der Waals surface area contributed by atoms with Crippen molar-refractivity contribution in [1.82, 2.24) is 9.80 Å². The molecule has 118 valence electrons. The Morgan fingerprint density at radius 1 is 1.24 bits per heavy atom. The number of hydrogen-bond acceptors (Lipinski definition) is 4. The maximum absolute atomic E-state index is 9.39. The first-order valence-corrected chi connectivity index (χ1v) is 8.40. The van der Waals surface area contributed by atoms with Crippen molar-refractivity contribution < 1.29 is 9.52 Å². The lowest BCUT2D eigenvalue weighted by Crippen LogP contribution is -2.55. The van der Waals surface area contributed by atoms with Crippen molar-refractivity contribution >= 4 is 0 Å². The molecule has 2 heterocycles. The van der Waals surface area contributed by atoms with Crippen LogP contribution in [0.2, 0.25) is 0 Å². The van der Waals surface area contributed by atoms with Crippen molar-refractivity contribution in [3.05, 3.63) is 23.7 Å². The van der Waals surface area contributed by atoms with Crippen LogP contribution in [0.5, 0.6) is 0 Å². The second-order valence-corrected chi connectivity index (χ2v) is 6.59. The predicted octanol–water partition coefficient (Wildman–Crippen LogP) is 2.40. The van der Waals surface area contributed by atoms with Gasteiger partial charge in [-0.05, 0) is 38.3 Å². The molecule has 0 amide bonds. The number of piperazine rings is 1. The van der Waals surface area contributed by atoms with Crippen molar-refractivity contribution in [1.29, 1.82) is 0 Å². The molecule has 0 bridgehead atoms. The van der Waals surface area contributed by atoms with E-state index in [0.717, 1.165) is 50.2 Å². The van der Waals surface area contributed by atoms with E-state index in [-0.39, 0.29) is 0 Å². The summed E-state index contributed by atoms with van der Waals surface area (Å²) in [4.78, 5) is 5.15. The number of furan rings is 1. The lowest BCUT2D eigenvalue weighted by Gasteiger charge is -2.44. The highest BCUT2D eigenvalue weighted by Crippen LogP contribution is 2.28. The predicted molar refractivity (Wildman–Crippen MR) is 83.2 cm³/mol. The maximum Gasteiger partial charge on any atom is 0.118 e. The van der Waals surface area contributed by atoms with E-state index in [1.165, 1.54) is 25.7 Å². The molecule has 1 N–H and O–H groups in total. The quantitative estimate of drug-likeness (QED) is 0.904. The lowest BCUT2D eigenvalue weighted by atomic mass is 10.0. The fraction of sp³-hybridized carbons (Fsp3) is 0.765. The van der Waals surface area contributed by atoms with Crippen LogP contribution < -0.4 is 0 Å². The van der Waals surface area contributed by atoms with Gasteiger partial charge < -0.3 is 9.52 Å². The van der Waals surface area contributed by atoms with Gasteiger partial charge in [0, 0.05) is 38.3 Å². The Labute approximate surface area is 127 Å². The molecule has 2 fully saturated rings. The summed E-state index contributed by atoms with van der Waals surface area (Å²) in [6, 6.07) is 5.38. The Kier molecular flexibility index (Phi) is 4.99. The standard InChI is InChI=1S/C17H28N2O2/c1-14-6-7-17(21-14)13-18-9-10-19(15-4-2-3-5-15)16(12-18)8-11-20/h6-7,15-16,20H,2-5,8-13H2,1H3. The molecule has 1 unspecified atom stereocenters. The molecule has 2 aliphatic rings. The van der Waals surface area contributed by atoms with Gasteiger partial charge in [0.05, 0.1) is 6.54 Å². The van der Waals surface area contributed by atoms with E-state index < -0.39 is 0 Å². The third-order valence-electron chi connectivity index (χ3n) is 5.04. The molecule has 3 rings (SSSR count). The fourth-order valence-corrected chi connectivity index (χ4v) is 3.99. The molecular weight excluding hydrogens is 264 g/mol. The van der Waals surface area contributed by atoms with Gasteiger partial charge in [0.2, 0.25) is 0 Å². The van der Waals surface area contributed by atoms with Gasteiger partial charge in [0.15, 0.2) is 0 Å². The molecular formula is C17H28N2O2. The lowest BCUT2D eigenvalue weighted by molar-refractivity contribution is 0.0242. The normalized spacial score (nSPS) is 25.7. The molecule has 0 aromatic carbocycles. The summed E-state index contributed by atoms with van der Waals surface area (Å²) in [5.41, 5.74) is 0. The topological polar surface area (TPSA) is 39.9 Å². The number of nitrogens with zero attached hydrogens (tertiary/aromatic N) is 2. The molecule has 1 saturated carbocycles. The Morgan fingerprint density at radius 3 is 2.71 bits per heavy atom. The highest BCUT2D eigenvalue weighted by atomic mass is 16.3. The van der Waals surface area contributed by atoms with Crippen LogP contribution >= 0.6 is 0 Å². The Morgan fingerprint density at radius 2 is 2.05 bits per heavy atom. The first kappa shape index (κ1) is 15.1. The average Bonchev–Trinajstić information content (AvgIpc) is 3.12. The first-order chi connectivity index (χ1) is 10.3. The monoisotopic (exact) mass is 292 g/mol. The van der Waals surface area contributed by atoms with Gasteiger partial charge in [-0.3, -0.25) is 9.80 Å². The Balaban J connectivity index is 1.60. The molecule has 4 nitrogen and oxygen atoms in total. The average molecular weight is 292 g/mol. The van der Waals surface area contributed by atoms with Crippen molar-refractivity contribution in [3.63, 3.8) is 0 Å². The van der Waals surface area contributed by atoms with Crippen molar-refractivity contribution in [2.45, 2.75) is 57.7 Å². The Hall–Kier alpha value is -0.840. The highest BCUT2D eigenvalue weighted by molar-refractivity contribution is 5.05. The van der Waals surface area contributed by atoms with Crippen LogP contribution in [0.1, 0.15) is 43.6 Å². The molecule has 21 heavy (non-hydrogen) atoms. The van der Waals surface area contributed by atoms with Gasteiger partial charge in [0.1, 0.15) is 11.5 Å². The van der Waals surface area contributed by atoms with Crippen LogP contribution in [-0.2, 0) is 6.54 Å². The molecule has 1 aliphatic heterocycles. The SMILES string of the molecule is Cc1ccc(CN2CCN(C3CCCC3)C(CCO)C2)o1. The molecule has 0 spiro atoms. The number of aryl methyl sites for hydroxylation is 1. The van der Waals surface area contributed by atoms with E-state index in [2.05, 4.69) is 15.9 Å². The Bertz CT molecular complexity index is 440. The molecule has 1 saturated heterocycles. The maximum atomic E-state index is 9.39. The number of aliphatic hydroxyl groups excluding tert-OH is 1. The van der Waals surface area contributed by atoms with Gasteiger partial charge in [-0.2, -0.15) is 0 Å². The van der Waals surface area contributed by atoms with Gasteiger partial charge in [-0.25, -0.2) is 0 Å². The molecule has 4 heteroatoms. The highest BCUT2D eigenvalue weighted by Gasteiger charge is 2.33. The molecule has 0 radical (unpaired) electrons. The van der Waals surface area contributed by atoms with Crippen molar-refractivity contribution in [3.8, 4) is 0 Å². The van der Waals surface area contributed by atoms with Crippen LogP contribution in [0.4, 0.5) is 0 Å². The number of aliphatic hydroxyl groups is 1. The van der Waals surface area contributed by atoms with Crippen LogP contribution in [-0.4, -0.2) is 53.2 Å². The molecule has 1 aromatic rings. The summed E-state index contributed by atoms with van der Waals surface area (Å²) < 4.78 is 5.70. The van der Waals surface area contributed by atoms with E-state index >= 15 is 0 Å². The van der Waals surface area contributed by atoms with Crippen molar-refractivity contribution in [2.75, 3.05) is 26.2 Å². The van der Waals surface area contributed by atoms with E-state index in [0.29, 0.717) is 12.6 Å². The molecule has 1 atom stereocenters. The van der Waals surface area contributed by atoms with E-state index in [4.69, 9.17) is 4.42 Å². The zero-order valence-corrected chi connectivity index (χ0v) is 13.1. The minimum absolute atomic E-state index is 0.293. The fourth-order valence-electron chi connectivity index (χ4n) is 3.99. The zero-order valence-electron chi connectivity index (χ0n) is 13.1. The smallest absolute Gasteiger partial charge is 0.118 e. The molecule has 1 aromatic heterocycles. The molecule has 1 aliphatic carbocycles. The summed E-state index contributed by atoms with van der Waals surface area (Å²) in [5.74, 6) is 2.05. The van der Waals surface area contributed by atoms with Gasteiger partial charge >= 0.3 is 0 Å². The zero-order chi connectivity index (χ0) is 14.7. The minimum Gasteiger partial charge on any atom is -0.465 e. The van der Waals surface area contributed by atoms with Crippen LogP contribution in [0.15, 0.2) is 16.5 Å². The van der Waals surface area contributed by atoms with Gasteiger partial charge in [0.25, 0.3) is 0 Å². The number of hydrogen-bond donors (Lipinski definition) is 1. The van der Waals surface area contributed by atoms with Gasteiger partial charge in [-0.1, -0.05) is 12.8 Å². The van der Waals surface area contributed by atoms with Crippen LogP contribution in [0.25, 0.3) is 0 Å². The van der Waals surface area contributed by atoms with E-state index in [1.807, 2.05) is 13.0 Å². The second-order valence-electron chi connectivity index (χ2n) is 6.59. The summed E-state index contributed by atoms with van der Waals surface area (Å²) >= 11 is 0. The summed E-state index contributed by atoms with van der Waals surface area (Å²) in [5, 5.41) is 9.39. The summed E-state index contributed by atoms with van der Waals surface area (Å²) in [6.07, 6.45) is 6.34. The third-order valence-corrected chi connectivity index (χ3v) is 5.04. The van der Waals surface area contributed by atoms with E-state index in [9.17, 15) is 5.11 Å². The van der Waals surface area contributed by atoms with Crippen LogP contribution in [0.3, 0.4) is 0 Å². The van der Waals surface area contributed by atoms with Crippen LogP contribution in [0, 0.1) is 6.92 Å².